The third-order valence-corrected chi connectivity index (χ3v) is 4.32. The molecule has 0 bridgehead atoms. The Balaban J connectivity index is 1.39. The van der Waals surface area contributed by atoms with E-state index in [0.717, 1.165) is 40.9 Å². The summed E-state index contributed by atoms with van der Waals surface area (Å²) < 4.78 is 7.65. The third-order valence-electron chi connectivity index (χ3n) is 4.32. The van der Waals surface area contributed by atoms with Crippen LogP contribution in [0.25, 0.3) is 22.5 Å². The van der Waals surface area contributed by atoms with Crippen molar-refractivity contribution in [2.45, 2.75) is 25.3 Å². The number of hydrogen-bond acceptors (Lipinski definition) is 5. The molecular weight excluding hydrogens is 302 g/mol. The van der Waals surface area contributed by atoms with Crippen LogP contribution in [0, 0.1) is 0 Å². The van der Waals surface area contributed by atoms with Crippen molar-refractivity contribution in [3.05, 3.63) is 60.0 Å². The molecule has 0 amide bonds. The van der Waals surface area contributed by atoms with Crippen molar-refractivity contribution in [2.24, 2.45) is 0 Å². The minimum Gasteiger partial charge on any atom is -0.420 e. The van der Waals surface area contributed by atoms with Crippen LogP contribution in [0.2, 0.25) is 0 Å². The highest BCUT2D eigenvalue weighted by molar-refractivity contribution is 5.73. The molecule has 0 spiro atoms. The van der Waals surface area contributed by atoms with E-state index in [9.17, 15) is 0 Å². The molecule has 0 radical (unpaired) electrons. The van der Waals surface area contributed by atoms with Gasteiger partial charge in [0.1, 0.15) is 5.52 Å². The lowest BCUT2D eigenvalue weighted by Crippen LogP contribution is -2.01. The molecule has 1 aliphatic carbocycles. The van der Waals surface area contributed by atoms with Crippen LogP contribution < -0.4 is 0 Å². The van der Waals surface area contributed by atoms with Crippen LogP contribution >= 0.6 is 0 Å². The fourth-order valence-corrected chi connectivity index (χ4v) is 2.81. The summed E-state index contributed by atoms with van der Waals surface area (Å²) in [6, 6.07) is 16.1. The van der Waals surface area contributed by atoms with Crippen molar-refractivity contribution in [3.8, 4) is 11.5 Å². The summed E-state index contributed by atoms with van der Waals surface area (Å²) in [5.74, 6) is 1.84. The number of nitrogens with zero attached hydrogens (tertiary/aromatic N) is 5. The predicted molar refractivity (Wildman–Crippen MR) is 88.3 cm³/mol. The van der Waals surface area contributed by atoms with Crippen LogP contribution in [-0.4, -0.2) is 25.2 Å². The van der Waals surface area contributed by atoms with E-state index in [0.29, 0.717) is 18.4 Å². The first-order chi connectivity index (χ1) is 11.9. The number of benzene rings is 2. The van der Waals surface area contributed by atoms with Gasteiger partial charge in [-0.2, -0.15) is 0 Å². The smallest absolute Gasteiger partial charge is 0.247 e. The van der Waals surface area contributed by atoms with Gasteiger partial charge in [0, 0.05) is 11.5 Å². The second-order valence-electron chi connectivity index (χ2n) is 6.15. The first-order valence-corrected chi connectivity index (χ1v) is 8.08. The third kappa shape index (κ3) is 2.36. The van der Waals surface area contributed by atoms with Crippen LogP contribution in [0.3, 0.4) is 0 Å². The normalized spacial score (nSPS) is 14.3. The first-order valence-electron chi connectivity index (χ1n) is 8.08. The summed E-state index contributed by atoms with van der Waals surface area (Å²) in [6.45, 7) is 0.679. The van der Waals surface area contributed by atoms with Gasteiger partial charge in [-0.3, -0.25) is 0 Å². The van der Waals surface area contributed by atoms with Gasteiger partial charge in [-0.1, -0.05) is 29.5 Å². The van der Waals surface area contributed by atoms with Crippen LogP contribution in [0.1, 0.15) is 30.2 Å². The molecule has 6 heteroatoms. The molecule has 2 aromatic carbocycles. The Kier molecular flexibility index (Phi) is 2.94. The Morgan fingerprint density at radius 3 is 2.62 bits per heavy atom. The van der Waals surface area contributed by atoms with E-state index >= 15 is 0 Å². The predicted octanol–water partition coefficient (Wildman–Crippen LogP) is 3.41. The maximum Gasteiger partial charge on any atom is 0.247 e. The molecule has 4 aromatic rings. The second kappa shape index (κ2) is 5.26. The Morgan fingerprint density at radius 1 is 0.958 bits per heavy atom. The molecule has 0 N–H and O–H groups in total. The lowest BCUT2D eigenvalue weighted by Gasteiger charge is -2.03. The highest BCUT2D eigenvalue weighted by atomic mass is 16.4. The topological polar surface area (TPSA) is 69.6 Å². The van der Waals surface area contributed by atoms with Gasteiger partial charge in [0.05, 0.1) is 12.1 Å². The summed E-state index contributed by atoms with van der Waals surface area (Å²) in [5.41, 5.74) is 4.04. The molecule has 0 unspecified atom stereocenters. The first kappa shape index (κ1) is 13.4. The molecule has 0 aliphatic heterocycles. The average Bonchev–Trinajstić information content (AvgIpc) is 3.22. The average molecular weight is 317 g/mol. The quantitative estimate of drug-likeness (QED) is 0.577. The fourth-order valence-electron chi connectivity index (χ4n) is 2.81. The summed E-state index contributed by atoms with van der Waals surface area (Å²) >= 11 is 0. The van der Waals surface area contributed by atoms with Crippen LogP contribution in [-0.2, 0) is 6.54 Å². The van der Waals surface area contributed by atoms with E-state index in [4.69, 9.17) is 4.42 Å². The zero-order valence-electron chi connectivity index (χ0n) is 13.0. The van der Waals surface area contributed by atoms with Crippen molar-refractivity contribution in [1.29, 1.82) is 0 Å². The van der Waals surface area contributed by atoms with E-state index in [1.54, 1.807) is 0 Å². The van der Waals surface area contributed by atoms with Gasteiger partial charge in [-0.05, 0) is 42.7 Å². The zero-order valence-corrected chi connectivity index (χ0v) is 13.0. The fraction of sp³-hybridized carbons (Fsp3) is 0.222. The van der Waals surface area contributed by atoms with Gasteiger partial charge in [-0.25, -0.2) is 4.68 Å². The second-order valence-corrected chi connectivity index (χ2v) is 6.15. The van der Waals surface area contributed by atoms with Crippen LogP contribution in [0.5, 0.6) is 0 Å². The number of fused-ring (bicyclic) bond motifs is 1. The highest BCUT2D eigenvalue weighted by Gasteiger charge is 2.29. The van der Waals surface area contributed by atoms with E-state index in [1.165, 1.54) is 0 Å². The molecule has 118 valence electrons. The number of hydrogen-bond donors (Lipinski definition) is 0. The standard InChI is InChI=1S/C18H15N5O/c1-2-4-16-15(3-1)19-22-23(16)11-12-5-7-13(8-6-12)17-20-21-18(24-17)14-9-10-14/h1-8,14H,9-11H2. The lowest BCUT2D eigenvalue weighted by molar-refractivity contribution is 0.508. The molecule has 2 aromatic heterocycles. The molecule has 1 aliphatic rings. The molecule has 0 atom stereocenters. The van der Waals surface area contributed by atoms with Crippen LogP contribution in [0.4, 0.5) is 0 Å². The molecule has 1 fully saturated rings. The zero-order chi connectivity index (χ0) is 15.9. The van der Waals surface area contributed by atoms with E-state index in [1.807, 2.05) is 41.1 Å². The van der Waals surface area contributed by atoms with Crippen molar-refractivity contribution >= 4 is 11.0 Å². The Bertz CT molecular complexity index is 998. The van der Waals surface area contributed by atoms with E-state index < -0.39 is 0 Å². The van der Waals surface area contributed by atoms with Gasteiger partial charge in [-0.15, -0.1) is 15.3 Å². The van der Waals surface area contributed by atoms with E-state index in [2.05, 4.69) is 32.6 Å². The maximum atomic E-state index is 5.75. The molecular formula is C18H15N5O. The highest BCUT2D eigenvalue weighted by Crippen LogP contribution is 2.39. The number of aromatic nitrogens is 5. The molecule has 5 rings (SSSR count). The minimum atomic E-state index is 0.478. The monoisotopic (exact) mass is 317 g/mol. The Hall–Kier alpha value is -3.02. The van der Waals surface area contributed by atoms with Crippen molar-refractivity contribution in [1.82, 2.24) is 25.2 Å². The number of rotatable bonds is 4. The Morgan fingerprint density at radius 2 is 1.79 bits per heavy atom. The van der Waals surface area contributed by atoms with Crippen molar-refractivity contribution < 1.29 is 4.42 Å². The van der Waals surface area contributed by atoms with Gasteiger partial charge in [0.15, 0.2) is 0 Å². The van der Waals surface area contributed by atoms with Gasteiger partial charge < -0.3 is 4.42 Å². The van der Waals surface area contributed by atoms with Crippen molar-refractivity contribution in [2.75, 3.05) is 0 Å². The van der Waals surface area contributed by atoms with E-state index in [-0.39, 0.29) is 0 Å². The lowest BCUT2D eigenvalue weighted by atomic mass is 10.1. The van der Waals surface area contributed by atoms with Crippen LogP contribution in [0.15, 0.2) is 52.9 Å². The molecule has 2 heterocycles. The molecule has 6 nitrogen and oxygen atoms in total. The van der Waals surface area contributed by atoms with Gasteiger partial charge in [0.2, 0.25) is 11.8 Å². The van der Waals surface area contributed by atoms with Gasteiger partial charge in [0.25, 0.3) is 0 Å². The summed E-state index contributed by atoms with van der Waals surface area (Å²) in [5, 5.41) is 16.7. The van der Waals surface area contributed by atoms with Crippen molar-refractivity contribution in [3.63, 3.8) is 0 Å². The largest absolute Gasteiger partial charge is 0.420 e. The minimum absolute atomic E-state index is 0.478. The summed E-state index contributed by atoms with van der Waals surface area (Å²) in [4.78, 5) is 0. The van der Waals surface area contributed by atoms with Gasteiger partial charge >= 0.3 is 0 Å². The summed E-state index contributed by atoms with van der Waals surface area (Å²) in [6.07, 6.45) is 2.32. The Labute approximate surface area is 138 Å². The summed E-state index contributed by atoms with van der Waals surface area (Å²) in [7, 11) is 0. The molecule has 24 heavy (non-hydrogen) atoms. The SMILES string of the molecule is c1ccc2c(c1)nnn2Cc1ccc(-c2nnc(C3CC3)o2)cc1. The molecule has 1 saturated carbocycles. The number of para-hydroxylation sites is 1. The maximum absolute atomic E-state index is 5.75. The molecule has 0 saturated heterocycles.